The van der Waals surface area contributed by atoms with E-state index in [1.165, 1.54) is 12.1 Å². The zero-order valence-corrected chi connectivity index (χ0v) is 17.8. The van der Waals surface area contributed by atoms with E-state index in [-0.39, 0.29) is 17.8 Å². The summed E-state index contributed by atoms with van der Waals surface area (Å²) in [5.41, 5.74) is 4.61. The van der Waals surface area contributed by atoms with Crippen molar-refractivity contribution in [1.82, 2.24) is 19.7 Å². The van der Waals surface area contributed by atoms with Crippen molar-refractivity contribution in [3.63, 3.8) is 0 Å². The summed E-state index contributed by atoms with van der Waals surface area (Å²) in [5.74, 6) is 0.129. The summed E-state index contributed by atoms with van der Waals surface area (Å²) in [6.07, 6.45) is 5.41. The first kappa shape index (κ1) is 19.5. The first-order valence-corrected chi connectivity index (χ1v) is 10.3. The molecule has 31 heavy (non-hydrogen) atoms. The number of methoxy groups -OCH3 is 1. The highest BCUT2D eigenvalue weighted by Gasteiger charge is 2.32. The lowest BCUT2D eigenvalue weighted by atomic mass is 9.96. The number of nitrogens with zero attached hydrogens (tertiary/aromatic N) is 5. The fourth-order valence-electron chi connectivity index (χ4n) is 4.82. The number of hydrogen-bond acceptors (Lipinski definition) is 5. The number of aryl methyl sites for hydroxylation is 1. The molecule has 4 heterocycles. The van der Waals surface area contributed by atoms with Crippen LogP contribution < -0.4 is 9.64 Å². The van der Waals surface area contributed by atoms with Crippen molar-refractivity contribution in [3.05, 3.63) is 59.3 Å². The third kappa shape index (κ3) is 3.13. The molecule has 160 valence electrons. The van der Waals surface area contributed by atoms with Gasteiger partial charge < -0.3 is 14.5 Å². The molecule has 0 saturated carbocycles. The maximum absolute atomic E-state index is 14.3. The van der Waals surface area contributed by atoms with Crippen molar-refractivity contribution in [2.45, 2.75) is 25.4 Å². The highest BCUT2D eigenvalue weighted by Crippen LogP contribution is 2.41. The van der Waals surface area contributed by atoms with Gasteiger partial charge in [-0.2, -0.15) is 5.10 Å². The number of halogens is 1. The Hall–Kier alpha value is -3.42. The van der Waals surface area contributed by atoms with Crippen molar-refractivity contribution in [1.29, 1.82) is 0 Å². The molecule has 8 heteroatoms. The lowest BCUT2D eigenvalue weighted by molar-refractivity contribution is 0.0781. The summed E-state index contributed by atoms with van der Waals surface area (Å²) in [5, 5.41) is 4.62. The summed E-state index contributed by atoms with van der Waals surface area (Å²) in [4.78, 5) is 21.8. The van der Waals surface area contributed by atoms with Crippen molar-refractivity contribution in [3.8, 4) is 17.0 Å². The molecule has 2 aromatic heterocycles. The van der Waals surface area contributed by atoms with Crippen LogP contribution in [0.2, 0.25) is 0 Å². The van der Waals surface area contributed by atoms with Crippen LogP contribution in [0, 0.1) is 5.82 Å². The Morgan fingerprint density at radius 1 is 1.19 bits per heavy atom. The minimum atomic E-state index is -0.336. The van der Waals surface area contributed by atoms with E-state index in [4.69, 9.17) is 4.74 Å². The molecular weight excluding hydrogens is 397 g/mol. The normalized spacial score (nSPS) is 18.1. The van der Waals surface area contributed by atoms with Crippen LogP contribution in [0.15, 0.2) is 36.7 Å². The molecule has 7 nitrogen and oxygen atoms in total. The molecule has 2 aliphatic rings. The highest BCUT2D eigenvalue weighted by molar-refractivity contribution is 5.96. The number of pyridine rings is 1. The van der Waals surface area contributed by atoms with Crippen LogP contribution in [0.4, 0.5) is 10.1 Å². The van der Waals surface area contributed by atoms with Gasteiger partial charge in [0, 0.05) is 38.0 Å². The second-order valence-corrected chi connectivity index (χ2v) is 8.13. The lowest BCUT2D eigenvalue weighted by Crippen LogP contribution is -2.30. The summed E-state index contributed by atoms with van der Waals surface area (Å²) in [7, 11) is 5.17. The summed E-state index contributed by atoms with van der Waals surface area (Å²) in [6, 6.07) is 6.45. The maximum Gasteiger partial charge on any atom is 0.254 e. The molecular formula is C23H24FN5O2. The minimum absolute atomic E-state index is 0.0882. The molecule has 5 rings (SSSR count). The number of carbonyl (C=O) groups excluding carboxylic acids is 1. The molecule has 1 fully saturated rings. The predicted molar refractivity (Wildman–Crippen MR) is 115 cm³/mol. The highest BCUT2D eigenvalue weighted by atomic mass is 19.1. The fraction of sp³-hybridized carbons (Fsp3) is 0.348. The fourth-order valence-corrected chi connectivity index (χ4v) is 4.82. The molecule has 0 spiro atoms. The van der Waals surface area contributed by atoms with E-state index in [9.17, 15) is 9.18 Å². The topological polar surface area (TPSA) is 63.5 Å². The van der Waals surface area contributed by atoms with E-state index in [0.717, 1.165) is 47.5 Å². The Labute approximate surface area is 180 Å². The minimum Gasteiger partial charge on any atom is -0.481 e. The van der Waals surface area contributed by atoms with Crippen molar-refractivity contribution in [2.24, 2.45) is 7.05 Å². The average molecular weight is 421 g/mol. The van der Waals surface area contributed by atoms with Gasteiger partial charge in [-0.1, -0.05) is 0 Å². The monoisotopic (exact) mass is 421 g/mol. The van der Waals surface area contributed by atoms with Crippen molar-refractivity contribution >= 4 is 11.6 Å². The number of amides is 1. The van der Waals surface area contributed by atoms with Gasteiger partial charge in [-0.05, 0) is 42.7 Å². The van der Waals surface area contributed by atoms with Gasteiger partial charge in [-0.25, -0.2) is 9.07 Å². The predicted octanol–water partition coefficient (Wildman–Crippen LogP) is 3.56. The van der Waals surface area contributed by atoms with Gasteiger partial charge in [0.25, 0.3) is 5.91 Å². The van der Waals surface area contributed by atoms with E-state index in [1.807, 2.05) is 13.2 Å². The van der Waals surface area contributed by atoms with Gasteiger partial charge in [0.05, 0.1) is 42.8 Å². The second kappa shape index (κ2) is 7.37. The zero-order valence-electron chi connectivity index (χ0n) is 17.8. The summed E-state index contributed by atoms with van der Waals surface area (Å²) >= 11 is 0. The van der Waals surface area contributed by atoms with Crippen LogP contribution >= 0.6 is 0 Å². The molecule has 0 aliphatic carbocycles. The molecule has 0 N–H and O–H groups in total. The second-order valence-electron chi connectivity index (χ2n) is 8.13. The molecule has 0 radical (unpaired) electrons. The number of ether oxygens (including phenoxy) is 1. The summed E-state index contributed by atoms with van der Waals surface area (Å²) < 4.78 is 21.6. The molecule has 2 bridgehead atoms. The number of benzene rings is 1. The van der Waals surface area contributed by atoms with Crippen molar-refractivity contribution < 1.29 is 13.9 Å². The van der Waals surface area contributed by atoms with Gasteiger partial charge in [-0.15, -0.1) is 0 Å². The maximum atomic E-state index is 14.3. The smallest absolute Gasteiger partial charge is 0.254 e. The van der Waals surface area contributed by atoms with E-state index in [2.05, 4.69) is 21.0 Å². The Kier molecular flexibility index (Phi) is 4.64. The van der Waals surface area contributed by atoms with E-state index in [1.54, 1.807) is 36.0 Å². The van der Waals surface area contributed by atoms with Gasteiger partial charge >= 0.3 is 0 Å². The molecule has 1 aromatic carbocycles. The third-order valence-corrected chi connectivity index (χ3v) is 6.19. The number of fused-ring (bicyclic) bond motifs is 8. The largest absolute Gasteiger partial charge is 0.481 e. The van der Waals surface area contributed by atoms with E-state index < -0.39 is 0 Å². The van der Waals surface area contributed by atoms with Gasteiger partial charge in [0.1, 0.15) is 5.82 Å². The molecule has 3 aromatic rings. The molecule has 0 unspecified atom stereocenters. The van der Waals surface area contributed by atoms with Gasteiger partial charge in [-0.3, -0.25) is 9.78 Å². The summed E-state index contributed by atoms with van der Waals surface area (Å²) in [6.45, 7) is 1.10. The number of anilines is 1. The van der Waals surface area contributed by atoms with E-state index in [0.29, 0.717) is 18.0 Å². The quantitative estimate of drug-likeness (QED) is 0.601. The van der Waals surface area contributed by atoms with Crippen molar-refractivity contribution in [2.75, 3.05) is 25.6 Å². The number of aromatic nitrogens is 3. The van der Waals surface area contributed by atoms with Gasteiger partial charge in [0.15, 0.2) is 0 Å². The standard InChI is InChI=1S/C23H24FN5O2/c1-27-13-19-21(23(31-3)28(2)26-19)14-9-16(12-25-11-14)29-8-4-5-20(29)18-10-15(24)6-7-17(18)22(27)30/h6-7,9-12,20H,4-5,8,13H2,1-3H3/t20-/m1/s1. The Bertz CT molecular complexity index is 1170. The third-order valence-electron chi connectivity index (χ3n) is 6.19. The molecule has 2 aliphatic heterocycles. The van der Waals surface area contributed by atoms with Crippen LogP contribution in [0.25, 0.3) is 11.1 Å². The Morgan fingerprint density at radius 3 is 2.84 bits per heavy atom. The van der Waals surface area contributed by atoms with Crippen LogP contribution in [-0.2, 0) is 13.6 Å². The first-order chi connectivity index (χ1) is 15.0. The Balaban J connectivity index is 1.77. The zero-order chi connectivity index (χ0) is 21.7. The molecule has 1 saturated heterocycles. The van der Waals surface area contributed by atoms with Crippen LogP contribution in [-0.4, -0.2) is 46.3 Å². The van der Waals surface area contributed by atoms with Crippen LogP contribution in [0.1, 0.15) is 40.5 Å². The first-order valence-electron chi connectivity index (χ1n) is 10.3. The van der Waals surface area contributed by atoms with Gasteiger partial charge in [0.2, 0.25) is 5.88 Å². The number of rotatable bonds is 1. The number of hydrogen-bond donors (Lipinski definition) is 0. The SMILES string of the molecule is COc1c2c(nn1C)CN(C)C(=O)c1ccc(F)cc1[C@H]1CCCN1c1cncc-2c1. The number of carbonyl (C=O) groups is 1. The lowest BCUT2D eigenvalue weighted by Gasteiger charge is -2.30. The molecule has 1 amide bonds. The molecule has 1 atom stereocenters. The average Bonchev–Trinajstić information content (AvgIpc) is 3.37. The Morgan fingerprint density at radius 2 is 2.03 bits per heavy atom. The van der Waals surface area contributed by atoms with E-state index >= 15 is 0 Å². The van der Waals surface area contributed by atoms with Crippen LogP contribution in [0.3, 0.4) is 0 Å². The van der Waals surface area contributed by atoms with Crippen LogP contribution in [0.5, 0.6) is 5.88 Å².